The Morgan fingerprint density at radius 3 is 1.84 bits per heavy atom. The Labute approximate surface area is 114 Å². The van der Waals surface area contributed by atoms with E-state index in [0.717, 1.165) is 11.4 Å². The molecule has 0 fully saturated rings. The molecule has 0 heterocycles. The third-order valence-corrected chi connectivity index (χ3v) is 2.97. The lowest BCUT2D eigenvalue weighted by Gasteiger charge is -2.27. The second-order valence-corrected chi connectivity index (χ2v) is 4.49. The highest BCUT2D eigenvalue weighted by molar-refractivity contribution is 5.63. The van der Waals surface area contributed by atoms with Crippen molar-refractivity contribution in [1.29, 1.82) is 0 Å². The molecule has 0 bridgehead atoms. The van der Waals surface area contributed by atoms with Crippen LogP contribution in [0.2, 0.25) is 0 Å². The molecule has 0 unspecified atom stereocenters. The summed E-state index contributed by atoms with van der Waals surface area (Å²) in [4.78, 5) is 2.13. The molecule has 3 heteroatoms. The van der Waals surface area contributed by atoms with E-state index in [2.05, 4.69) is 34.5 Å². The van der Waals surface area contributed by atoms with Crippen molar-refractivity contribution in [2.24, 2.45) is 0 Å². The van der Waals surface area contributed by atoms with E-state index in [-0.39, 0.29) is 0 Å². The molecule has 0 saturated heterocycles. The topological polar surface area (TPSA) is 35.5 Å². The van der Waals surface area contributed by atoms with E-state index in [1.165, 1.54) is 0 Å². The molecule has 2 aromatic rings. The third kappa shape index (κ3) is 3.81. The minimum atomic E-state index is -0.412. The molecule has 0 radical (unpaired) electrons. The van der Waals surface area contributed by atoms with Gasteiger partial charge in [0.25, 0.3) is 0 Å². The molecule has 1 atom stereocenters. The Morgan fingerprint density at radius 1 is 0.947 bits per heavy atom. The number of likely N-dealkylation sites (N-methyl/N-ethyl adjacent to an activating group) is 1. The van der Waals surface area contributed by atoms with Crippen molar-refractivity contribution < 1.29 is 5.11 Å². The first kappa shape index (κ1) is 13.6. The Kier molecular flexibility index (Phi) is 4.95. The highest BCUT2D eigenvalue weighted by Crippen LogP contribution is 2.24. The lowest BCUT2D eigenvalue weighted by molar-refractivity contribution is 0.182. The zero-order valence-electron chi connectivity index (χ0n) is 11.2. The minimum Gasteiger partial charge on any atom is -0.390 e. The summed E-state index contributed by atoms with van der Waals surface area (Å²) in [5.41, 5.74) is 2.17. The zero-order chi connectivity index (χ0) is 13.5. The van der Waals surface area contributed by atoms with E-state index in [1.807, 2.05) is 43.4 Å². The summed E-state index contributed by atoms with van der Waals surface area (Å²) in [7, 11) is 1.85. The van der Waals surface area contributed by atoms with Crippen LogP contribution in [-0.2, 0) is 0 Å². The highest BCUT2D eigenvalue weighted by atomic mass is 16.3. The average molecular weight is 256 g/mol. The van der Waals surface area contributed by atoms with Gasteiger partial charge in [-0.25, -0.2) is 0 Å². The molecular weight excluding hydrogens is 236 g/mol. The largest absolute Gasteiger partial charge is 0.390 e. The van der Waals surface area contributed by atoms with E-state index in [9.17, 15) is 5.11 Å². The van der Waals surface area contributed by atoms with Gasteiger partial charge in [-0.15, -0.1) is 0 Å². The van der Waals surface area contributed by atoms with Crippen LogP contribution in [0, 0.1) is 0 Å². The average Bonchev–Trinajstić information content (AvgIpc) is 2.47. The van der Waals surface area contributed by atoms with Crippen LogP contribution >= 0.6 is 0 Å². The van der Waals surface area contributed by atoms with Crippen molar-refractivity contribution in [3.05, 3.63) is 60.7 Å². The minimum absolute atomic E-state index is 0.412. The number of para-hydroxylation sites is 2. The molecule has 3 nitrogen and oxygen atoms in total. The quantitative estimate of drug-likeness (QED) is 0.833. The van der Waals surface area contributed by atoms with Gasteiger partial charge in [-0.3, -0.25) is 0 Å². The summed E-state index contributed by atoms with van der Waals surface area (Å²) in [5.74, 6) is 0. The van der Waals surface area contributed by atoms with E-state index in [4.69, 9.17) is 0 Å². The van der Waals surface area contributed by atoms with Crippen molar-refractivity contribution in [2.45, 2.75) is 6.10 Å². The van der Waals surface area contributed by atoms with Gasteiger partial charge in [0.1, 0.15) is 0 Å². The molecule has 2 rings (SSSR count). The molecule has 0 aliphatic carbocycles. The standard InChI is InChI=1S/C16H20N2O/c1-17-12-16(19)13-18(14-8-4-2-5-9-14)15-10-6-3-7-11-15/h2-11,16-17,19H,12-13H2,1H3/t16-/m1/s1. The van der Waals surface area contributed by atoms with Crippen LogP contribution in [0.3, 0.4) is 0 Å². The molecule has 0 aliphatic rings. The van der Waals surface area contributed by atoms with Crippen molar-refractivity contribution in [1.82, 2.24) is 5.32 Å². The first-order valence-electron chi connectivity index (χ1n) is 6.51. The highest BCUT2D eigenvalue weighted by Gasteiger charge is 2.13. The number of anilines is 2. The Hall–Kier alpha value is -1.84. The van der Waals surface area contributed by atoms with Gasteiger partial charge in [0.05, 0.1) is 12.6 Å². The first-order valence-corrected chi connectivity index (χ1v) is 6.51. The number of benzene rings is 2. The molecule has 100 valence electrons. The molecule has 2 aromatic carbocycles. The van der Waals surface area contributed by atoms with Gasteiger partial charge < -0.3 is 15.3 Å². The SMILES string of the molecule is CNC[C@@H](O)CN(c1ccccc1)c1ccccc1. The van der Waals surface area contributed by atoms with Crippen molar-refractivity contribution in [3.63, 3.8) is 0 Å². The van der Waals surface area contributed by atoms with Gasteiger partial charge in [0.2, 0.25) is 0 Å². The van der Waals surface area contributed by atoms with Gasteiger partial charge in [-0.1, -0.05) is 36.4 Å². The number of nitrogens with one attached hydrogen (secondary N) is 1. The summed E-state index contributed by atoms with van der Waals surface area (Å²) >= 11 is 0. The maximum Gasteiger partial charge on any atom is 0.0843 e. The Bertz CT molecular complexity index is 433. The molecule has 19 heavy (non-hydrogen) atoms. The normalized spacial score (nSPS) is 12.1. The predicted octanol–water partition coefficient (Wildman–Crippen LogP) is 2.41. The van der Waals surface area contributed by atoms with Gasteiger partial charge in [0, 0.05) is 17.9 Å². The molecule has 2 N–H and O–H groups in total. The van der Waals surface area contributed by atoms with E-state index in [0.29, 0.717) is 13.1 Å². The monoisotopic (exact) mass is 256 g/mol. The second kappa shape index (κ2) is 6.92. The molecule has 0 aliphatic heterocycles. The van der Waals surface area contributed by atoms with Crippen LogP contribution in [-0.4, -0.2) is 31.3 Å². The molecule has 0 aromatic heterocycles. The van der Waals surface area contributed by atoms with E-state index >= 15 is 0 Å². The summed E-state index contributed by atoms with van der Waals surface area (Å²) in [5, 5.41) is 13.0. The predicted molar refractivity (Wildman–Crippen MR) is 79.8 cm³/mol. The van der Waals surface area contributed by atoms with Crippen LogP contribution < -0.4 is 10.2 Å². The number of aliphatic hydroxyl groups excluding tert-OH is 1. The molecular formula is C16H20N2O. The summed E-state index contributed by atoms with van der Waals surface area (Å²) in [6.07, 6.45) is -0.412. The van der Waals surface area contributed by atoms with Crippen LogP contribution in [0.5, 0.6) is 0 Å². The summed E-state index contributed by atoms with van der Waals surface area (Å²) in [6.45, 7) is 1.14. The number of rotatable bonds is 6. The Balaban J connectivity index is 2.24. The Morgan fingerprint density at radius 2 is 1.42 bits per heavy atom. The fraction of sp³-hybridized carbons (Fsp3) is 0.250. The fourth-order valence-electron chi connectivity index (χ4n) is 2.09. The van der Waals surface area contributed by atoms with E-state index in [1.54, 1.807) is 0 Å². The maximum absolute atomic E-state index is 10.0. The van der Waals surface area contributed by atoms with Gasteiger partial charge >= 0.3 is 0 Å². The van der Waals surface area contributed by atoms with Crippen molar-refractivity contribution in [2.75, 3.05) is 25.0 Å². The number of nitrogens with zero attached hydrogens (tertiary/aromatic N) is 1. The van der Waals surface area contributed by atoms with Crippen molar-refractivity contribution in [3.8, 4) is 0 Å². The van der Waals surface area contributed by atoms with E-state index < -0.39 is 6.10 Å². The van der Waals surface area contributed by atoms with Gasteiger partial charge in [-0.05, 0) is 31.3 Å². The smallest absolute Gasteiger partial charge is 0.0843 e. The van der Waals surface area contributed by atoms with Gasteiger partial charge in [0.15, 0.2) is 0 Å². The lowest BCUT2D eigenvalue weighted by atomic mass is 10.2. The number of aliphatic hydroxyl groups is 1. The van der Waals surface area contributed by atoms with Crippen LogP contribution in [0.15, 0.2) is 60.7 Å². The maximum atomic E-state index is 10.0. The van der Waals surface area contributed by atoms with Crippen LogP contribution in [0.1, 0.15) is 0 Å². The lowest BCUT2D eigenvalue weighted by Crippen LogP contribution is -2.35. The number of hydrogen-bond donors (Lipinski definition) is 2. The second-order valence-electron chi connectivity index (χ2n) is 4.49. The molecule has 0 spiro atoms. The molecule has 0 amide bonds. The molecule has 0 saturated carbocycles. The summed E-state index contributed by atoms with van der Waals surface area (Å²) in [6, 6.07) is 20.3. The first-order chi connectivity index (χ1) is 9.31. The van der Waals surface area contributed by atoms with Crippen LogP contribution in [0.25, 0.3) is 0 Å². The van der Waals surface area contributed by atoms with Gasteiger partial charge in [-0.2, -0.15) is 0 Å². The summed E-state index contributed by atoms with van der Waals surface area (Å²) < 4.78 is 0. The third-order valence-electron chi connectivity index (χ3n) is 2.97. The number of hydrogen-bond acceptors (Lipinski definition) is 3. The van der Waals surface area contributed by atoms with Crippen molar-refractivity contribution >= 4 is 11.4 Å². The van der Waals surface area contributed by atoms with Crippen LogP contribution in [0.4, 0.5) is 11.4 Å². The fourth-order valence-corrected chi connectivity index (χ4v) is 2.09. The zero-order valence-corrected chi connectivity index (χ0v) is 11.2.